The number of likely N-dealkylation sites (N-methyl/N-ethyl adjacent to an activating group) is 1. The normalized spacial score (nSPS) is 15.3. The van der Waals surface area contributed by atoms with Crippen molar-refractivity contribution < 1.29 is 9.53 Å². The van der Waals surface area contributed by atoms with Gasteiger partial charge in [0.15, 0.2) is 0 Å². The molecule has 1 aliphatic rings. The standard InChI is InChI=1S/C22H27N7O3S/c1-16(29-21(30)6-5-17(26-29)18-4-3-13-33-18)22(31)23-7-12-32-20-14-19(24-15-25-20)28-10-8-27(2)9-11-28/h3-6,13-16H,7-12H2,1-2H3,(H,23,31). The number of nitrogens with zero attached hydrogens (tertiary/aromatic N) is 6. The van der Waals surface area contributed by atoms with E-state index in [0.717, 1.165) is 36.9 Å². The highest BCUT2D eigenvalue weighted by Crippen LogP contribution is 2.21. The minimum atomic E-state index is -0.750. The maximum atomic E-state index is 12.6. The predicted molar refractivity (Wildman–Crippen MR) is 127 cm³/mol. The van der Waals surface area contributed by atoms with Crippen LogP contribution in [0.2, 0.25) is 0 Å². The summed E-state index contributed by atoms with van der Waals surface area (Å²) in [4.78, 5) is 38.8. The summed E-state index contributed by atoms with van der Waals surface area (Å²) in [5.41, 5.74) is 0.333. The average Bonchev–Trinajstić information content (AvgIpc) is 3.37. The second-order valence-corrected chi connectivity index (χ2v) is 8.75. The van der Waals surface area contributed by atoms with Crippen LogP contribution in [0.25, 0.3) is 10.6 Å². The largest absolute Gasteiger partial charge is 0.476 e. The van der Waals surface area contributed by atoms with Crippen molar-refractivity contribution in [3.63, 3.8) is 0 Å². The van der Waals surface area contributed by atoms with Crippen molar-refractivity contribution in [1.82, 2.24) is 30.0 Å². The highest BCUT2D eigenvalue weighted by molar-refractivity contribution is 7.13. The van der Waals surface area contributed by atoms with Crippen LogP contribution < -0.4 is 20.5 Å². The lowest BCUT2D eigenvalue weighted by atomic mass is 10.3. The van der Waals surface area contributed by atoms with Crippen molar-refractivity contribution >= 4 is 23.1 Å². The van der Waals surface area contributed by atoms with Crippen molar-refractivity contribution in [3.8, 4) is 16.5 Å². The number of ether oxygens (including phenoxy) is 1. The first kappa shape index (κ1) is 22.9. The molecule has 0 bridgehead atoms. The average molecular weight is 470 g/mol. The molecule has 1 atom stereocenters. The van der Waals surface area contributed by atoms with E-state index in [-0.39, 0.29) is 24.6 Å². The Morgan fingerprint density at radius 3 is 2.79 bits per heavy atom. The van der Waals surface area contributed by atoms with Crippen LogP contribution in [0.1, 0.15) is 13.0 Å². The molecule has 0 saturated carbocycles. The van der Waals surface area contributed by atoms with Crippen LogP contribution in [-0.4, -0.2) is 76.9 Å². The fourth-order valence-corrected chi connectivity index (χ4v) is 4.15. The van der Waals surface area contributed by atoms with Gasteiger partial charge in [-0.15, -0.1) is 11.3 Å². The van der Waals surface area contributed by atoms with Gasteiger partial charge in [0.2, 0.25) is 11.8 Å². The van der Waals surface area contributed by atoms with Crippen molar-refractivity contribution in [3.05, 3.63) is 52.4 Å². The van der Waals surface area contributed by atoms with Crippen LogP contribution in [0.5, 0.6) is 5.88 Å². The van der Waals surface area contributed by atoms with Gasteiger partial charge in [0.25, 0.3) is 5.56 Å². The van der Waals surface area contributed by atoms with Gasteiger partial charge in [0, 0.05) is 38.3 Å². The first-order valence-electron chi connectivity index (χ1n) is 10.8. The molecule has 4 heterocycles. The van der Waals surface area contributed by atoms with Crippen LogP contribution in [-0.2, 0) is 4.79 Å². The molecule has 4 rings (SSSR count). The Balaban J connectivity index is 1.29. The molecule has 1 unspecified atom stereocenters. The lowest BCUT2D eigenvalue weighted by molar-refractivity contribution is -0.124. The van der Waals surface area contributed by atoms with Crippen molar-refractivity contribution in [2.45, 2.75) is 13.0 Å². The van der Waals surface area contributed by atoms with E-state index < -0.39 is 6.04 Å². The minimum absolute atomic E-state index is 0.245. The Morgan fingerprint density at radius 1 is 1.21 bits per heavy atom. The van der Waals surface area contributed by atoms with Crippen LogP contribution >= 0.6 is 11.3 Å². The summed E-state index contributed by atoms with van der Waals surface area (Å²) in [6, 6.07) is 8.00. The SMILES string of the molecule is CC(C(=O)NCCOc1cc(N2CCN(C)CC2)ncn1)n1nc(-c2cccs2)ccc1=O. The topological polar surface area (TPSA) is 105 Å². The number of piperazine rings is 1. The summed E-state index contributed by atoms with van der Waals surface area (Å²) in [7, 11) is 2.11. The van der Waals surface area contributed by atoms with E-state index >= 15 is 0 Å². The number of hydrogen-bond donors (Lipinski definition) is 1. The molecule has 3 aromatic rings. The molecule has 1 aliphatic heterocycles. The number of nitrogens with one attached hydrogen (secondary N) is 1. The summed E-state index contributed by atoms with van der Waals surface area (Å²) in [6.45, 7) is 5.95. The van der Waals surface area contributed by atoms with Crippen LogP contribution in [0.15, 0.2) is 46.8 Å². The van der Waals surface area contributed by atoms with Gasteiger partial charge in [-0.2, -0.15) is 5.10 Å². The monoisotopic (exact) mass is 469 g/mol. The molecule has 0 aliphatic carbocycles. The highest BCUT2D eigenvalue weighted by Gasteiger charge is 2.18. The number of carbonyl (C=O) groups excluding carboxylic acids is 1. The second kappa shape index (κ2) is 10.5. The third-order valence-electron chi connectivity index (χ3n) is 5.45. The lowest BCUT2D eigenvalue weighted by Crippen LogP contribution is -2.44. The Morgan fingerprint density at radius 2 is 2.03 bits per heavy atom. The minimum Gasteiger partial charge on any atom is -0.476 e. The Hall–Kier alpha value is -3.31. The van der Waals surface area contributed by atoms with Crippen LogP contribution in [0.4, 0.5) is 5.82 Å². The van der Waals surface area contributed by atoms with E-state index in [4.69, 9.17) is 4.74 Å². The molecule has 1 amide bonds. The zero-order valence-electron chi connectivity index (χ0n) is 18.7. The Labute approximate surface area is 195 Å². The van der Waals surface area contributed by atoms with Gasteiger partial charge in [-0.25, -0.2) is 14.6 Å². The van der Waals surface area contributed by atoms with Gasteiger partial charge in [-0.05, 0) is 31.5 Å². The van der Waals surface area contributed by atoms with Gasteiger partial charge in [-0.3, -0.25) is 9.59 Å². The van der Waals surface area contributed by atoms with E-state index in [0.29, 0.717) is 11.6 Å². The Kier molecular flexibility index (Phi) is 7.30. The van der Waals surface area contributed by atoms with Gasteiger partial charge in [0.05, 0.1) is 11.4 Å². The molecule has 10 nitrogen and oxygen atoms in total. The van der Waals surface area contributed by atoms with Crippen molar-refractivity contribution in [1.29, 1.82) is 0 Å². The van der Waals surface area contributed by atoms with E-state index in [1.165, 1.54) is 28.4 Å². The number of hydrogen-bond acceptors (Lipinski definition) is 9. The third kappa shape index (κ3) is 5.74. The van der Waals surface area contributed by atoms with Crippen molar-refractivity contribution in [2.75, 3.05) is 51.3 Å². The summed E-state index contributed by atoms with van der Waals surface area (Å²) in [6.07, 6.45) is 1.49. The molecule has 0 radical (unpaired) electrons. The molecular weight excluding hydrogens is 442 g/mol. The zero-order chi connectivity index (χ0) is 23.2. The van der Waals surface area contributed by atoms with Gasteiger partial charge >= 0.3 is 0 Å². The lowest BCUT2D eigenvalue weighted by Gasteiger charge is -2.33. The van der Waals surface area contributed by atoms with E-state index in [2.05, 4.69) is 37.2 Å². The van der Waals surface area contributed by atoms with E-state index in [1.54, 1.807) is 13.0 Å². The molecule has 1 fully saturated rings. The maximum absolute atomic E-state index is 12.6. The smallest absolute Gasteiger partial charge is 0.267 e. The van der Waals surface area contributed by atoms with E-state index in [1.807, 2.05) is 23.6 Å². The summed E-state index contributed by atoms with van der Waals surface area (Å²) < 4.78 is 6.91. The predicted octanol–water partition coefficient (Wildman–Crippen LogP) is 1.27. The number of carbonyl (C=O) groups is 1. The number of amides is 1. The molecule has 1 saturated heterocycles. The van der Waals surface area contributed by atoms with Gasteiger partial charge < -0.3 is 19.9 Å². The first-order chi connectivity index (χ1) is 16.0. The van der Waals surface area contributed by atoms with E-state index in [9.17, 15) is 9.59 Å². The number of aromatic nitrogens is 4. The molecule has 0 aromatic carbocycles. The van der Waals surface area contributed by atoms with Crippen LogP contribution in [0, 0.1) is 0 Å². The summed E-state index contributed by atoms with van der Waals surface area (Å²) in [5, 5.41) is 9.10. The highest BCUT2D eigenvalue weighted by atomic mass is 32.1. The number of thiophene rings is 1. The van der Waals surface area contributed by atoms with Gasteiger partial charge in [-0.1, -0.05) is 6.07 Å². The maximum Gasteiger partial charge on any atom is 0.267 e. The molecule has 3 aromatic heterocycles. The number of rotatable bonds is 8. The number of anilines is 1. The quantitative estimate of drug-likeness (QED) is 0.492. The molecule has 33 heavy (non-hydrogen) atoms. The fourth-order valence-electron chi connectivity index (χ4n) is 3.46. The molecular formula is C22H27N7O3S. The molecule has 1 N–H and O–H groups in total. The molecule has 11 heteroatoms. The summed E-state index contributed by atoms with van der Waals surface area (Å²) >= 11 is 1.53. The van der Waals surface area contributed by atoms with Crippen LogP contribution in [0.3, 0.4) is 0 Å². The zero-order valence-corrected chi connectivity index (χ0v) is 19.5. The molecule has 0 spiro atoms. The second-order valence-electron chi connectivity index (χ2n) is 7.80. The Bertz CT molecular complexity index is 1130. The molecule has 174 valence electrons. The van der Waals surface area contributed by atoms with Crippen molar-refractivity contribution in [2.24, 2.45) is 0 Å². The third-order valence-corrected chi connectivity index (χ3v) is 6.34. The van der Waals surface area contributed by atoms with Gasteiger partial charge in [0.1, 0.15) is 30.5 Å². The summed E-state index contributed by atoms with van der Waals surface area (Å²) in [5.74, 6) is 0.988. The first-order valence-corrected chi connectivity index (χ1v) is 11.7. The fraction of sp³-hybridized carbons (Fsp3) is 0.409.